The van der Waals surface area contributed by atoms with Crippen molar-refractivity contribution in [1.82, 2.24) is 5.32 Å². The summed E-state index contributed by atoms with van der Waals surface area (Å²) in [6.45, 7) is 12.2. The summed E-state index contributed by atoms with van der Waals surface area (Å²) in [5, 5.41) is 3.49. The number of ether oxygens (including phenoxy) is 4. The third kappa shape index (κ3) is 2.34. The molecule has 0 radical (unpaired) electrons. The van der Waals surface area contributed by atoms with E-state index in [9.17, 15) is 0 Å². The molecule has 0 aromatic heterocycles. The first kappa shape index (κ1) is 13.5. The molecule has 108 valence electrons. The maximum atomic E-state index is 6.03. The summed E-state index contributed by atoms with van der Waals surface area (Å²) in [6.07, 6.45) is 1.82. The highest BCUT2D eigenvalue weighted by molar-refractivity contribution is 5.12. The molecule has 3 saturated heterocycles. The smallest absolute Gasteiger partial charge is 0.163 e. The predicted octanol–water partition coefficient (Wildman–Crippen LogP) is 1.18. The van der Waals surface area contributed by atoms with Crippen molar-refractivity contribution in [3.63, 3.8) is 0 Å². The van der Waals surface area contributed by atoms with Gasteiger partial charge in [0.2, 0.25) is 0 Å². The number of nitrogens with one attached hydrogen (secondary N) is 1. The largest absolute Gasteiger partial charge is 0.348 e. The minimum Gasteiger partial charge on any atom is -0.348 e. The van der Waals surface area contributed by atoms with E-state index in [0.29, 0.717) is 6.61 Å². The lowest BCUT2D eigenvalue weighted by Crippen LogP contribution is -2.47. The first-order chi connectivity index (χ1) is 8.81. The van der Waals surface area contributed by atoms with Gasteiger partial charge in [0.1, 0.15) is 18.3 Å². The molecule has 0 unspecified atom stereocenters. The molecular formula is C14H23NO4. The fourth-order valence-electron chi connectivity index (χ4n) is 3.20. The monoisotopic (exact) mass is 269 g/mol. The second-order valence-electron chi connectivity index (χ2n) is 6.39. The summed E-state index contributed by atoms with van der Waals surface area (Å²) in [5.74, 6) is -1.07. The Morgan fingerprint density at radius 1 is 1.05 bits per heavy atom. The second kappa shape index (κ2) is 4.27. The van der Waals surface area contributed by atoms with E-state index in [0.717, 1.165) is 0 Å². The number of rotatable bonds is 2. The molecule has 0 aromatic rings. The van der Waals surface area contributed by atoms with E-state index in [1.807, 2.05) is 33.8 Å². The molecule has 0 spiro atoms. The Morgan fingerprint density at radius 3 is 2.32 bits per heavy atom. The Kier molecular flexibility index (Phi) is 3.04. The zero-order valence-corrected chi connectivity index (χ0v) is 12.0. The second-order valence-corrected chi connectivity index (χ2v) is 6.39. The van der Waals surface area contributed by atoms with E-state index in [2.05, 4.69) is 11.9 Å². The van der Waals surface area contributed by atoms with Crippen LogP contribution in [0.25, 0.3) is 0 Å². The minimum atomic E-state index is -0.550. The lowest BCUT2D eigenvalue weighted by atomic mass is 10.0. The maximum absolute atomic E-state index is 6.03. The fourth-order valence-corrected chi connectivity index (χ4v) is 3.20. The highest BCUT2D eigenvalue weighted by Gasteiger charge is 2.56. The molecule has 0 amide bonds. The van der Waals surface area contributed by atoms with Crippen molar-refractivity contribution in [3.8, 4) is 0 Å². The molecule has 5 atom stereocenters. The van der Waals surface area contributed by atoms with E-state index in [1.165, 1.54) is 0 Å². The van der Waals surface area contributed by atoms with Crippen molar-refractivity contribution in [3.05, 3.63) is 12.7 Å². The number of hydrogen-bond donors (Lipinski definition) is 1. The van der Waals surface area contributed by atoms with Crippen LogP contribution in [0.5, 0.6) is 0 Å². The summed E-state index contributed by atoms with van der Waals surface area (Å²) in [6, 6.07) is 0.153. The molecule has 3 fully saturated rings. The van der Waals surface area contributed by atoms with Crippen molar-refractivity contribution in [2.24, 2.45) is 0 Å². The van der Waals surface area contributed by atoms with E-state index in [4.69, 9.17) is 18.9 Å². The van der Waals surface area contributed by atoms with Gasteiger partial charge in [-0.2, -0.15) is 0 Å². The summed E-state index contributed by atoms with van der Waals surface area (Å²) < 4.78 is 23.6. The van der Waals surface area contributed by atoms with Crippen molar-refractivity contribution in [2.45, 2.75) is 69.7 Å². The number of hydrogen-bond acceptors (Lipinski definition) is 5. The summed E-state index contributed by atoms with van der Waals surface area (Å²) in [4.78, 5) is 0. The van der Waals surface area contributed by atoms with Crippen molar-refractivity contribution in [1.29, 1.82) is 0 Å². The van der Waals surface area contributed by atoms with Gasteiger partial charge >= 0.3 is 0 Å². The first-order valence-electron chi connectivity index (χ1n) is 6.87. The molecule has 0 aliphatic carbocycles. The molecule has 5 heteroatoms. The van der Waals surface area contributed by atoms with Gasteiger partial charge in [0.15, 0.2) is 11.6 Å². The van der Waals surface area contributed by atoms with Crippen LogP contribution in [0.3, 0.4) is 0 Å². The lowest BCUT2D eigenvalue weighted by Gasteiger charge is -2.27. The van der Waals surface area contributed by atoms with Gasteiger partial charge in [0.05, 0.1) is 18.7 Å². The molecule has 5 nitrogen and oxygen atoms in total. The molecular weight excluding hydrogens is 246 g/mol. The Balaban J connectivity index is 1.78. The van der Waals surface area contributed by atoms with Crippen LogP contribution in [0.1, 0.15) is 27.7 Å². The van der Waals surface area contributed by atoms with E-state index >= 15 is 0 Å². The zero-order chi connectivity index (χ0) is 13.8. The molecule has 0 aromatic carbocycles. The Hall–Kier alpha value is -0.460. The molecule has 3 heterocycles. The molecule has 0 saturated carbocycles. The average molecular weight is 269 g/mol. The average Bonchev–Trinajstić information content (AvgIpc) is 2.89. The fraction of sp³-hybridized carbons (Fsp3) is 0.857. The maximum Gasteiger partial charge on any atom is 0.163 e. The third-order valence-electron chi connectivity index (χ3n) is 3.94. The molecule has 3 rings (SSSR count). The van der Waals surface area contributed by atoms with Crippen LogP contribution in [-0.4, -0.2) is 48.6 Å². The van der Waals surface area contributed by atoms with E-state index < -0.39 is 11.6 Å². The molecule has 1 N–H and O–H groups in total. The van der Waals surface area contributed by atoms with Crippen molar-refractivity contribution in [2.75, 3.05) is 6.61 Å². The molecule has 3 aliphatic heterocycles. The van der Waals surface area contributed by atoms with Crippen LogP contribution in [-0.2, 0) is 18.9 Å². The van der Waals surface area contributed by atoms with E-state index in [-0.39, 0.29) is 30.4 Å². The first-order valence-corrected chi connectivity index (χ1v) is 6.87. The summed E-state index contributed by atoms with van der Waals surface area (Å²) in [5.41, 5.74) is 0. The van der Waals surface area contributed by atoms with Crippen LogP contribution >= 0.6 is 0 Å². The number of fused-ring (bicyclic) bond motifs is 1. The van der Waals surface area contributed by atoms with Gasteiger partial charge in [0, 0.05) is 0 Å². The molecule has 3 aliphatic rings. The van der Waals surface area contributed by atoms with Gasteiger partial charge in [-0.15, -0.1) is 6.58 Å². The van der Waals surface area contributed by atoms with Crippen LogP contribution in [0.2, 0.25) is 0 Å². The van der Waals surface area contributed by atoms with Gasteiger partial charge < -0.3 is 24.3 Å². The summed E-state index contributed by atoms with van der Waals surface area (Å²) in [7, 11) is 0. The van der Waals surface area contributed by atoms with Gasteiger partial charge in [0.25, 0.3) is 0 Å². The third-order valence-corrected chi connectivity index (χ3v) is 3.94. The topological polar surface area (TPSA) is 49.0 Å². The van der Waals surface area contributed by atoms with Crippen LogP contribution in [0.4, 0.5) is 0 Å². The SMILES string of the molecule is C=C[C@H]1N[C@@H]([C@@H]2COC(C)(C)O2)[C@@H]2OC(C)(C)O[C@@H]21. The Bertz CT molecular complexity index is 382. The van der Waals surface area contributed by atoms with Gasteiger partial charge in [-0.05, 0) is 27.7 Å². The minimum absolute atomic E-state index is 0.00943. The van der Waals surface area contributed by atoms with Crippen molar-refractivity contribution >= 4 is 0 Å². The summed E-state index contributed by atoms with van der Waals surface area (Å²) >= 11 is 0. The van der Waals surface area contributed by atoms with Crippen LogP contribution in [0, 0.1) is 0 Å². The van der Waals surface area contributed by atoms with E-state index in [1.54, 1.807) is 0 Å². The Morgan fingerprint density at radius 2 is 1.74 bits per heavy atom. The normalized spacial score (nSPS) is 47.3. The standard InChI is InChI=1S/C14H23NO4/c1-6-8-11-12(19-14(4,5)18-11)10(15-8)9-7-16-13(2,3)17-9/h6,8-12,15H,1,7H2,2-5H3/t8-,9+,10+,11-,12+/m1/s1. The van der Waals surface area contributed by atoms with Crippen molar-refractivity contribution < 1.29 is 18.9 Å². The Labute approximate surface area is 114 Å². The highest BCUT2D eigenvalue weighted by Crippen LogP contribution is 2.39. The highest BCUT2D eigenvalue weighted by atomic mass is 16.8. The van der Waals surface area contributed by atoms with Crippen LogP contribution < -0.4 is 5.32 Å². The molecule has 0 bridgehead atoms. The molecule has 19 heavy (non-hydrogen) atoms. The van der Waals surface area contributed by atoms with Gasteiger partial charge in [-0.1, -0.05) is 6.08 Å². The van der Waals surface area contributed by atoms with Gasteiger partial charge in [-0.3, -0.25) is 0 Å². The zero-order valence-electron chi connectivity index (χ0n) is 12.0. The van der Waals surface area contributed by atoms with Gasteiger partial charge in [-0.25, -0.2) is 0 Å². The lowest BCUT2D eigenvalue weighted by molar-refractivity contribution is -0.166. The quantitative estimate of drug-likeness (QED) is 0.763. The predicted molar refractivity (Wildman–Crippen MR) is 69.6 cm³/mol. The van der Waals surface area contributed by atoms with Crippen LogP contribution in [0.15, 0.2) is 12.7 Å².